The number of ether oxygens (including phenoxy) is 1. The quantitative estimate of drug-likeness (QED) is 0.870. The third-order valence-electron chi connectivity index (χ3n) is 4.57. The van der Waals surface area contributed by atoms with Crippen LogP contribution in [0.15, 0.2) is 12.1 Å². The van der Waals surface area contributed by atoms with E-state index < -0.39 is 5.97 Å². The molecule has 0 bridgehead atoms. The predicted octanol–water partition coefficient (Wildman–Crippen LogP) is 2.28. The van der Waals surface area contributed by atoms with Gasteiger partial charge in [0.05, 0.1) is 18.5 Å². The molecule has 1 aromatic carbocycles. The number of benzene rings is 1. The molecule has 1 unspecified atom stereocenters. The smallest absolute Gasteiger partial charge is 0.325 e. The molecule has 1 heterocycles. The van der Waals surface area contributed by atoms with E-state index in [2.05, 4.69) is 17.4 Å². The van der Waals surface area contributed by atoms with E-state index in [4.69, 9.17) is 4.74 Å². The highest BCUT2D eigenvalue weighted by molar-refractivity contribution is 6.07. The average Bonchev–Trinajstić information content (AvgIpc) is 2.55. The molecule has 1 aliphatic carbocycles. The van der Waals surface area contributed by atoms with Crippen LogP contribution in [0.2, 0.25) is 0 Å². The molecule has 1 amide bonds. The molecule has 0 fully saturated rings. The van der Waals surface area contributed by atoms with Crippen LogP contribution < -0.4 is 10.2 Å². The molecule has 1 aromatic rings. The zero-order valence-corrected chi connectivity index (χ0v) is 13.1. The van der Waals surface area contributed by atoms with Gasteiger partial charge in [0.25, 0.3) is 0 Å². The number of carbonyl (C=O) groups excluding carboxylic acids is 2. The Kier molecular flexibility index (Phi) is 4.05. The lowest BCUT2D eigenvalue weighted by Crippen LogP contribution is -2.49. The van der Waals surface area contributed by atoms with E-state index in [1.807, 2.05) is 6.92 Å². The summed E-state index contributed by atoms with van der Waals surface area (Å²) in [5, 5.41) is 3.32. The maximum Gasteiger partial charge on any atom is 0.325 e. The lowest BCUT2D eigenvalue weighted by molar-refractivity contribution is -0.140. The number of hydrogen-bond acceptors (Lipinski definition) is 4. The molecule has 1 N–H and O–H groups in total. The standard InChI is InChI=1S/C17H22N2O3/c1-3-13-17(21)19(10-16(20)22-2)15-9-12-7-5-4-6-11(12)8-14(15)18-13/h8-9,13,18H,3-7,10H2,1-2H3. The molecule has 5 heteroatoms. The summed E-state index contributed by atoms with van der Waals surface area (Å²) in [4.78, 5) is 25.8. The van der Waals surface area contributed by atoms with Gasteiger partial charge in [0.1, 0.15) is 12.6 Å². The zero-order valence-electron chi connectivity index (χ0n) is 13.1. The fraction of sp³-hybridized carbons (Fsp3) is 0.529. The molecule has 5 nitrogen and oxygen atoms in total. The zero-order chi connectivity index (χ0) is 15.7. The number of methoxy groups -OCH3 is 1. The number of fused-ring (bicyclic) bond motifs is 2. The number of nitrogens with zero attached hydrogens (tertiary/aromatic N) is 1. The van der Waals surface area contributed by atoms with Crippen LogP contribution >= 0.6 is 0 Å². The van der Waals surface area contributed by atoms with Crippen molar-refractivity contribution >= 4 is 23.3 Å². The van der Waals surface area contributed by atoms with Crippen LogP contribution in [0.4, 0.5) is 11.4 Å². The van der Waals surface area contributed by atoms with Gasteiger partial charge >= 0.3 is 5.97 Å². The lowest BCUT2D eigenvalue weighted by Gasteiger charge is -2.35. The van der Waals surface area contributed by atoms with Crippen molar-refractivity contribution in [3.63, 3.8) is 0 Å². The summed E-state index contributed by atoms with van der Waals surface area (Å²) in [6.07, 6.45) is 5.22. The first-order chi connectivity index (χ1) is 10.6. The van der Waals surface area contributed by atoms with Crippen LogP contribution in [0.25, 0.3) is 0 Å². The monoisotopic (exact) mass is 302 g/mol. The van der Waals surface area contributed by atoms with Crippen LogP contribution in [0.5, 0.6) is 0 Å². The van der Waals surface area contributed by atoms with Gasteiger partial charge in [-0.1, -0.05) is 6.92 Å². The molecule has 0 radical (unpaired) electrons. The summed E-state index contributed by atoms with van der Waals surface area (Å²) in [5.41, 5.74) is 4.42. The lowest BCUT2D eigenvalue weighted by atomic mass is 9.89. The van der Waals surface area contributed by atoms with Gasteiger partial charge in [-0.2, -0.15) is 0 Å². The topological polar surface area (TPSA) is 58.6 Å². The fourth-order valence-electron chi connectivity index (χ4n) is 3.30. The molecule has 1 aliphatic heterocycles. The number of anilines is 2. The Hall–Kier alpha value is -2.04. The Morgan fingerprint density at radius 2 is 2.00 bits per heavy atom. The Bertz CT molecular complexity index is 612. The summed E-state index contributed by atoms with van der Waals surface area (Å²) in [6.45, 7) is 1.94. The van der Waals surface area contributed by atoms with Gasteiger partial charge in [0.15, 0.2) is 0 Å². The van der Waals surface area contributed by atoms with Gasteiger partial charge in [-0.25, -0.2) is 0 Å². The van der Waals surface area contributed by atoms with Crippen molar-refractivity contribution in [1.29, 1.82) is 0 Å². The van der Waals surface area contributed by atoms with Gasteiger partial charge in [-0.05, 0) is 55.4 Å². The normalized spacial score (nSPS) is 20.0. The SMILES string of the molecule is CCC1Nc2cc3c(cc2N(CC(=O)OC)C1=O)CCCC3. The molecule has 0 saturated heterocycles. The second-order valence-electron chi connectivity index (χ2n) is 5.95. The van der Waals surface area contributed by atoms with E-state index in [0.717, 1.165) is 24.2 Å². The Balaban J connectivity index is 2.02. The first-order valence-electron chi connectivity index (χ1n) is 7.94. The van der Waals surface area contributed by atoms with Crippen molar-refractivity contribution < 1.29 is 14.3 Å². The van der Waals surface area contributed by atoms with Crippen LogP contribution in [-0.4, -0.2) is 31.6 Å². The van der Waals surface area contributed by atoms with Crippen LogP contribution in [0.1, 0.15) is 37.3 Å². The maximum atomic E-state index is 12.6. The summed E-state index contributed by atoms with van der Waals surface area (Å²) >= 11 is 0. The highest BCUT2D eigenvalue weighted by Gasteiger charge is 2.33. The number of hydrogen-bond donors (Lipinski definition) is 1. The third-order valence-corrected chi connectivity index (χ3v) is 4.57. The van der Waals surface area contributed by atoms with Crippen molar-refractivity contribution in [1.82, 2.24) is 0 Å². The van der Waals surface area contributed by atoms with Gasteiger partial charge < -0.3 is 10.1 Å². The van der Waals surface area contributed by atoms with Gasteiger partial charge in [-0.3, -0.25) is 14.5 Å². The fourth-order valence-corrected chi connectivity index (χ4v) is 3.30. The number of carbonyl (C=O) groups is 2. The number of aryl methyl sites for hydroxylation is 2. The Morgan fingerprint density at radius 3 is 2.64 bits per heavy atom. The first kappa shape index (κ1) is 14.9. The first-order valence-corrected chi connectivity index (χ1v) is 7.94. The van der Waals surface area contributed by atoms with Crippen molar-refractivity contribution in [3.05, 3.63) is 23.3 Å². The van der Waals surface area contributed by atoms with E-state index in [-0.39, 0.29) is 18.5 Å². The molecule has 2 aliphatic rings. The van der Waals surface area contributed by atoms with E-state index in [1.54, 1.807) is 4.90 Å². The van der Waals surface area contributed by atoms with E-state index in [9.17, 15) is 9.59 Å². The second kappa shape index (κ2) is 5.99. The minimum atomic E-state index is -0.395. The molecular weight excluding hydrogens is 280 g/mol. The summed E-state index contributed by atoms with van der Waals surface area (Å²) in [7, 11) is 1.35. The van der Waals surface area contributed by atoms with Gasteiger partial charge in [-0.15, -0.1) is 0 Å². The molecule has 0 aromatic heterocycles. The predicted molar refractivity (Wildman–Crippen MR) is 85.2 cm³/mol. The molecular formula is C17H22N2O3. The number of rotatable bonds is 3. The van der Waals surface area contributed by atoms with Crippen LogP contribution in [-0.2, 0) is 27.2 Å². The summed E-state index contributed by atoms with van der Waals surface area (Å²) < 4.78 is 4.74. The van der Waals surface area contributed by atoms with E-state index >= 15 is 0 Å². The molecule has 1 atom stereocenters. The molecule has 0 saturated carbocycles. The Morgan fingerprint density at radius 1 is 1.32 bits per heavy atom. The largest absolute Gasteiger partial charge is 0.468 e. The van der Waals surface area contributed by atoms with E-state index in [1.165, 1.54) is 31.1 Å². The van der Waals surface area contributed by atoms with Gasteiger partial charge in [0.2, 0.25) is 5.91 Å². The van der Waals surface area contributed by atoms with Crippen molar-refractivity contribution in [2.24, 2.45) is 0 Å². The number of amides is 1. The number of esters is 1. The van der Waals surface area contributed by atoms with E-state index in [0.29, 0.717) is 6.42 Å². The van der Waals surface area contributed by atoms with Crippen LogP contribution in [0.3, 0.4) is 0 Å². The highest BCUT2D eigenvalue weighted by Crippen LogP contribution is 2.37. The second-order valence-corrected chi connectivity index (χ2v) is 5.95. The summed E-state index contributed by atoms with van der Waals surface area (Å²) in [6, 6.07) is 3.95. The average molecular weight is 302 g/mol. The van der Waals surface area contributed by atoms with Crippen molar-refractivity contribution in [2.45, 2.75) is 45.1 Å². The maximum absolute atomic E-state index is 12.6. The van der Waals surface area contributed by atoms with Crippen LogP contribution in [0, 0.1) is 0 Å². The Labute approximate surface area is 130 Å². The highest BCUT2D eigenvalue weighted by atomic mass is 16.5. The van der Waals surface area contributed by atoms with Gasteiger partial charge in [0, 0.05) is 0 Å². The van der Waals surface area contributed by atoms with Crippen molar-refractivity contribution in [2.75, 3.05) is 23.9 Å². The molecule has 118 valence electrons. The minimum Gasteiger partial charge on any atom is -0.468 e. The van der Waals surface area contributed by atoms with Crippen molar-refractivity contribution in [3.8, 4) is 0 Å². The molecule has 22 heavy (non-hydrogen) atoms. The summed E-state index contributed by atoms with van der Waals surface area (Å²) in [5.74, 6) is -0.454. The number of nitrogens with one attached hydrogen (secondary N) is 1. The minimum absolute atomic E-state index is 0.0285. The third kappa shape index (κ3) is 2.56. The molecule has 0 spiro atoms. The molecule has 3 rings (SSSR count).